The van der Waals surface area contributed by atoms with Crippen molar-refractivity contribution in [3.05, 3.63) is 0 Å². The van der Waals surface area contributed by atoms with Gasteiger partial charge in [-0.3, -0.25) is 0 Å². The maximum absolute atomic E-state index is 2.37. The lowest BCUT2D eigenvalue weighted by atomic mass is 9.67. The second-order valence-electron chi connectivity index (χ2n) is 4.57. The van der Waals surface area contributed by atoms with Gasteiger partial charge in [0.15, 0.2) is 0 Å². The molecule has 0 amide bonds. The summed E-state index contributed by atoms with van der Waals surface area (Å²) in [5.74, 6) is 4.38. The van der Waals surface area contributed by atoms with E-state index in [9.17, 15) is 0 Å². The van der Waals surface area contributed by atoms with E-state index in [-0.39, 0.29) is 0 Å². The van der Waals surface area contributed by atoms with Crippen LogP contribution in [-0.4, -0.2) is 0 Å². The van der Waals surface area contributed by atoms with E-state index in [1.165, 1.54) is 5.92 Å². The van der Waals surface area contributed by atoms with E-state index in [2.05, 4.69) is 13.8 Å². The summed E-state index contributed by atoms with van der Waals surface area (Å²) in [4.78, 5) is 0. The molecule has 12 heavy (non-hydrogen) atoms. The van der Waals surface area contributed by atoms with Crippen molar-refractivity contribution in [2.75, 3.05) is 0 Å². The normalized spacial score (nSPS) is 33.8. The van der Waals surface area contributed by atoms with Gasteiger partial charge in [-0.15, -0.1) is 0 Å². The van der Waals surface area contributed by atoms with Crippen LogP contribution in [0.5, 0.6) is 0 Å². The van der Waals surface area contributed by atoms with Crippen molar-refractivity contribution in [1.29, 1.82) is 0 Å². The Morgan fingerprint density at radius 2 is 1.42 bits per heavy atom. The first-order valence-corrected chi connectivity index (χ1v) is 5.77. The molecule has 2 rings (SSSR count). The van der Waals surface area contributed by atoms with Crippen LogP contribution in [0.3, 0.4) is 0 Å². The zero-order chi connectivity index (χ0) is 9.14. The third-order valence-electron chi connectivity index (χ3n) is 3.44. The highest BCUT2D eigenvalue weighted by atomic mass is 14.5. The lowest BCUT2D eigenvalue weighted by molar-refractivity contribution is 0.123. The zero-order valence-electron chi connectivity index (χ0n) is 9.14. The largest absolute Gasteiger partial charge is 0.0683 e. The first-order chi connectivity index (χ1) is 5.77. The predicted molar refractivity (Wildman–Crippen MR) is 55.1 cm³/mol. The van der Waals surface area contributed by atoms with E-state index in [0.717, 1.165) is 17.8 Å². The second kappa shape index (κ2) is 4.30. The molecule has 72 valence electrons. The topological polar surface area (TPSA) is 0 Å². The first-order valence-electron chi connectivity index (χ1n) is 5.77. The molecule has 0 heterocycles. The van der Waals surface area contributed by atoms with Gasteiger partial charge in [0.25, 0.3) is 0 Å². The van der Waals surface area contributed by atoms with Gasteiger partial charge >= 0.3 is 0 Å². The van der Waals surface area contributed by atoms with Gasteiger partial charge in [-0.05, 0) is 49.4 Å². The van der Waals surface area contributed by atoms with Gasteiger partial charge in [0.05, 0.1) is 0 Å². The minimum Gasteiger partial charge on any atom is -0.0683 e. The smallest absolute Gasteiger partial charge is 0.0380 e. The van der Waals surface area contributed by atoms with Crippen LogP contribution in [0.2, 0.25) is 0 Å². The summed E-state index contributed by atoms with van der Waals surface area (Å²) in [6.45, 7) is 8.74. The Bertz CT molecular complexity index is 110. The van der Waals surface area contributed by atoms with E-state index in [1.54, 1.807) is 25.7 Å². The number of hydrogen-bond acceptors (Lipinski definition) is 0. The van der Waals surface area contributed by atoms with Crippen molar-refractivity contribution in [1.82, 2.24) is 0 Å². The molecule has 2 saturated carbocycles. The Kier molecular flexibility index (Phi) is 3.61. The van der Waals surface area contributed by atoms with E-state index in [0.29, 0.717) is 0 Å². The van der Waals surface area contributed by atoms with Gasteiger partial charge in [0, 0.05) is 0 Å². The van der Waals surface area contributed by atoms with Gasteiger partial charge < -0.3 is 0 Å². The Morgan fingerprint density at radius 3 is 1.75 bits per heavy atom. The molecule has 0 radical (unpaired) electrons. The Hall–Kier alpha value is 0. The zero-order valence-corrected chi connectivity index (χ0v) is 9.14. The molecule has 0 unspecified atom stereocenters. The minimum absolute atomic E-state index is 0.954. The average molecular weight is 168 g/mol. The van der Waals surface area contributed by atoms with Crippen LogP contribution >= 0.6 is 0 Å². The van der Waals surface area contributed by atoms with Crippen molar-refractivity contribution < 1.29 is 0 Å². The molecule has 0 aromatic rings. The van der Waals surface area contributed by atoms with Crippen LogP contribution < -0.4 is 0 Å². The monoisotopic (exact) mass is 168 g/mol. The summed E-state index contributed by atoms with van der Waals surface area (Å²) >= 11 is 0. The summed E-state index contributed by atoms with van der Waals surface area (Å²) in [5.41, 5.74) is 0. The lowest BCUT2D eigenvalue weighted by Crippen LogP contribution is -2.28. The Balaban J connectivity index is 0.000000336. The molecular weight excluding hydrogens is 144 g/mol. The van der Waals surface area contributed by atoms with Crippen LogP contribution in [0.1, 0.15) is 53.4 Å². The van der Waals surface area contributed by atoms with Crippen molar-refractivity contribution in [3.63, 3.8) is 0 Å². The van der Waals surface area contributed by atoms with Gasteiger partial charge in [0.1, 0.15) is 0 Å². The molecule has 0 aromatic carbocycles. The molecule has 0 spiro atoms. The molecule has 2 aliphatic rings. The molecule has 0 N–H and O–H groups in total. The average Bonchev–Trinajstić information content (AvgIpc) is 2.72. The van der Waals surface area contributed by atoms with Gasteiger partial charge in [-0.25, -0.2) is 0 Å². The van der Waals surface area contributed by atoms with E-state index in [4.69, 9.17) is 0 Å². The van der Waals surface area contributed by atoms with Gasteiger partial charge in [-0.2, -0.15) is 0 Å². The van der Waals surface area contributed by atoms with Crippen molar-refractivity contribution in [3.8, 4) is 0 Å². The van der Waals surface area contributed by atoms with Gasteiger partial charge in [-0.1, -0.05) is 27.7 Å². The Labute approximate surface area is 77.7 Å². The minimum atomic E-state index is 0.954. The molecule has 0 atom stereocenters. The fraction of sp³-hybridized carbons (Fsp3) is 1.00. The predicted octanol–water partition coefficient (Wildman–Crippen LogP) is 4.10. The standard InChI is InChI=1S/C10H18.C2H6/c1-7(2)9-5-10(6-9)8-3-4-8;1-2/h7-10H,3-6H2,1-2H3;1-2H3. The molecule has 0 nitrogen and oxygen atoms in total. The molecule has 0 aromatic heterocycles. The maximum Gasteiger partial charge on any atom is -0.0380 e. The molecule has 2 fully saturated rings. The SMILES string of the molecule is CC.CC(C)C1CC(C2CC2)C1. The lowest BCUT2D eigenvalue weighted by Gasteiger charge is -2.38. The molecule has 0 heteroatoms. The molecule has 0 bridgehead atoms. The number of rotatable bonds is 2. The second-order valence-corrected chi connectivity index (χ2v) is 4.57. The van der Waals surface area contributed by atoms with E-state index >= 15 is 0 Å². The number of hydrogen-bond donors (Lipinski definition) is 0. The highest BCUT2D eigenvalue weighted by Crippen LogP contribution is 2.51. The highest BCUT2D eigenvalue weighted by molar-refractivity contribution is 4.91. The molecule has 2 aliphatic carbocycles. The third kappa shape index (κ3) is 2.24. The molecule has 0 aliphatic heterocycles. The van der Waals surface area contributed by atoms with Crippen LogP contribution in [0.15, 0.2) is 0 Å². The van der Waals surface area contributed by atoms with Crippen LogP contribution in [0, 0.1) is 23.7 Å². The van der Waals surface area contributed by atoms with Crippen LogP contribution in [-0.2, 0) is 0 Å². The van der Waals surface area contributed by atoms with Gasteiger partial charge in [0.2, 0.25) is 0 Å². The molecular formula is C12H24. The Morgan fingerprint density at radius 1 is 0.917 bits per heavy atom. The summed E-state index contributed by atoms with van der Waals surface area (Å²) in [5, 5.41) is 0. The van der Waals surface area contributed by atoms with E-state index in [1.807, 2.05) is 13.8 Å². The fourth-order valence-corrected chi connectivity index (χ4v) is 2.21. The summed E-state index contributed by atoms with van der Waals surface area (Å²) in [7, 11) is 0. The summed E-state index contributed by atoms with van der Waals surface area (Å²) < 4.78 is 0. The van der Waals surface area contributed by atoms with Crippen molar-refractivity contribution in [2.45, 2.75) is 53.4 Å². The molecule has 0 saturated heterocycles. The maximum atomic E-state index is 2.37. The van der Waals surface area contributed by atoms with Crippen molar-refractivity contribution >= 4 is 0 Å². The third-order valence-corrected chi connectivity index (χ3v) is 3.44. The first kappa shape index (κ1) is 10.1. The summed E-state index contributed by atoms with van der Waals surface area (Å²) in [6.07, 6.45) is 6.22. The quantitative estimate of drug-likeness (QED) is 0.582. The highest BCUT2D eigenvalue weighted by Gasteiger charge is 2.40. The fourth-order valence-electron chi connectivity index (χ4n) is 2.21. The summed E-state index contributed by atoms with van der Waals surface area (Å²) in [6, 6.07) is 0. The van der Waals surface area contributed by atoms with Crippen LogP contribution in [0.4, 0.5) is 0 Å². The van der Waals surface area contributed by atoms with Crippen LogP contribution in [0.25, 0.3) is 0 Å². The van der Waals surface area contributed by atoms with Crippen molar-refractivity contribution in [2.24, 2.45) is 23.7 Å². The van der Waals surface area contributed by atoms with E-state index < -0.39 is 0 Å².